The molecule has 1 heterocycles. The molecule has 0 bridgehead atoms. The summed E-state index contributed by atoms with van der Waals surface area (Å²) in [5.74, 6) is 0.196. The smallest absolute Gasteiger partial charge is 0.202 e. The molecule has 0 aliphatic rings. The van der Waals surface area contributed by atoms with Crippen molar-refractivity contribution in [1.82, 2.24) is 10.3 Å². The van der Waals surface area contributed by atoms with Crippen LogP contribution >= 0.6 is 11.3 Å². The summed E-state index contributed by atoms with van der Waals surface area (Å²) in [5, 5.41) is 3.85. The minimum Gasteiger partial charge on any atom is -0.385 e. The molecule has 3 N–H and O–H groups in total. The van der Waals surface area contributed by atoms with Crippen molar-refractivity contribution in [1.29, 1.82) is 0 Å². The van der Waals surface area contributed by atoms with E-state index >= 15 is 0 Å². The average molecular weight is 263 g/mol. The summed E-state index contributed by atoms with van der Waals surface area (Å²) in [7, 11) is 0. The molecule has 1 aromatic rings. The van der Waals surface area contributed by atoms with Crippen LogP contribution in [0.25, 0.3) is 0 Å². The summed E-state index contributed by atoms with van der Waals surface area (Å²) in [6.07, 6.45) is 6.96. The zero-order chi connectivity index (χ0) is 13.5. The van der Waals surface area contributed by atoms with Gasteiger partial charge in [-0.25, -0.2) is 4.98 Å². The number of Topliss-reactive ketones (excluding diaryl/α,β-unsaturated/α-hetero) is 1. The van der Waals surface area contributed by atoms with E-state index in [-0.39, 0.29) is 5.78 Å². The second kappa shape index (κ2) is 6.76. The highest BCUT2D eigenvalue weighted by molar-refractivity contribution is 7.14. The molecule has 1 aromatic heterocycles. The summed E-state index contributed by atoms with van der Waals surface area (Å²) in [4.78, 5) is 16.7. The number of rotatable bonds is 6. The SMILES string of the molecule is C=C/C=C(\C)C(=O)c1sc(CN/C=C/C)nc1N. The molecule has 18 heavy (non-hydrogen) atoms. The van der Waals surface area contributed by atoms with E-state index in [2.05, 4.69) is 16.9 Å². The number of nitrogen functional groups attached to an aromatic ring is 1. The normalized spacial score (nSPS) is 11.8. The first kappa shape index (κ1) is 14.2. The number of hydrogen-bond donors (Lipinski definition) is 2. The molecule has 96 valence electrons. The Hall–Kier alpha value is -1.88. The number of hydrogen-bond acceptors (Lipinski definition) is 5. The van der Waals surface area contributed by atoms with E-state index in [1.54, 1.807) is 19.1 Å². The van der Waals surface area contributed by atoms with Gasteiger partial charge in [-0.3, -0.25) is 4.79 Å². The number of thiazole rings is 1. The van der Waals surface area contributed by atoms with Crippen LogP contribution in [0.3, 0.4) is 0 Å². The lowest BCUT2D eigenvalue weighted by atomic mass is 10.1. The monoisotopic (exact) mass is 263 g/mol. The van der Waals surface area contributed by atoms with Crippen molar-refractivity contribution in [3.8, 4) is 0 Å². The minimum atomic E-state index is -0.0952. The van der Waals surface area contributed by atoms with Crippen molar-refractivity contribution < 1.29 is 4.79 Å². The van der Waals surface area contributed by atoms with E-state index in [0.29, 0.717) is 22.8 Å². The Morgan fingerprint density at radius 1 is 1.61 bits per heavy atom. The Bertz CT molecular complexity index is 500. The van der Waals surface area contributed by atoms with E-state index < -0.39 is 0 Å². The van der Waals surface area contributed by atoms with E-state index in [0.717, 1.165) is 5.01 Å². The molecule has 0 unspecified atom stereocenters. The fourth-order valence-electron chi connectivity index (χ4n) is 1.31. The fraction of sp³-hybridized carbons (Fsp3) is 0.231. The largest absolute Gasteiger partial charge is 0.385 e. The Kier molecular flexibility index (Phi) is 5.32. The first-order valence-electron chi connectivity index (χ1n) is 5.53. The van der Waals surface area contributed by atoms with Gasteiger partial charge in [0.1, 0.15) is 15.7 Å². The molecule has 4 nitrogen and oxygen atoms in total. The lowest BCUT2D eigenvalue weighted by Gasteiger charge is -1.96. The van der Waals surface area contributed by atoms with Gasteiger partial charge >= 0.3 is 0 Å². The van der Waals surface area contributed by atoms with Gasteiger partial charge in [0.25, 0.3) is 0 Å². The molecule has 0 aliphatic carbocycles. The number of carbonyl (C=O) groups excluding carboxylic acids is 1. The van der Waals surface area contributed by atoms with Gasteiger partial charge in [-0.15, -0.1) is 11.3 Å². The molecule has 5 heteroatoms. The maximum absolute atomic E-state index is 12.0. The molecule has 0 radical (unpaired) electrons. The minimum absolute atomic E-state index is 0.0952. The third-order valence-corrected chi connectivity index (χ3v) is 3.24. The maximum atomic E-state index is 12.0. The van der Waals surface area contributed by atoms with Gasteiger partial charge in [0.2, 0.25) is 5.78 Å². The van der Waals surface area contributed by atoms with E-state index in [4.69, 9.17) is 5.73 Å². The number of nitrogens with zero attached hydrogens (tertiary/aromatic N) is 1. The molecular formula is C13H17N3OS. The summed E-state index contributed by atoms with van der Waals surface area (Å²) in [6.45, 7) is 7.79. The van der Waals surface area contributed by atoms with Crippen molar-refractivity contribution in [2.24, 2.45) is 0 Å². The Morgan fingerprint density at radius 2 is 2.33 bits per heavy atom. The van der Waals surface area contributed by atoms with Gasteiger partial charge in [-0.05, 0) is 25.6 Å². The fourth-order valence-corrected chi connectivity index (χ4v) is 2.25. The van der Waals surface area contributed by atoms with Gasteiger partial charge in [0.15, 0.2) is 0 Å². The molecule has 1 rings (SSSR count). The van der Waals surface area contributed by atoms with E-state index in [1.807, 2.05) is 19.2 Å². The van der Waals surface area contributed by atoms with Crippen LogP contribution in [-0.4, -0.2) is 10.8 Å². The zero-order valence-electron chi connectivity index (χ0n) is 10.6. The van der Waals surface area contributed by atoms with Gasteiger partial charge in [-0.1, -0.05) is 24.8 Å². The van der Waals surface area contributed by atoms with Crippen LogP contribution in [-0.2, 0) is 6.54 Å². The van der Waals surface area contributed by atoms with Crippen LogP contribution in [0.15, 0.2) is 36.6 Å². The van der Waals surface area contributed by atoms with Crippen LogP contribution in [0.5, 0.6) is 0 Å². The molecular weight excluding hydrogens is 246 g/mol. The third-order valence-electron chi connectivity index (χ3n) is 2.17. The number of anilines is 1. The van der Waals surface area contributed by atoms with Crippen molar-refractivity contribution in [2.45, 2.75) is 20.4 Å². The molecule has 0 amide bonds. The number of ketones is 1. The Balaban J connectivity index is 2.87. The van der Waals surface area contributed by atoms with Crippen LogP contribution in [0.4, 0.5) is 5.82 Å². The lowest BCUT2D eigenvalue weighted by Crippen LogP contribution is -2.03. The molecule has 0 saturated carbocycles. The number of aromatic nitrogens is 1. The molecule has 0 aromatic carbocycles. The predicted octanol–water partition coefficient (Wildman–Crippen LogP) is 2.66. The van der Waals surface area contributed by atoms with Gasteiger partial charge in [0, 0.05) is 0 Å². The number of nitrogens with one attached hydrogen (secondary N) is 1. The van der Waals surface area contributed by atoms with Gasteiger partial charge in [-0.2, -0.15) is 0 Å². The highest BCUT2D eigenvalue weighted by atomic mass is 32.1. The maximum Gasteiger partial charge on any atom is 0.202 e. The van der Waals surface area contributed by atoms with Crippen molar-refractivity contribution in [3.63, 3.8) is 0 Å². The first-order chi connectivity index (χ1) is 8.60. The topological polar surface area (TPSA) is 68.0 Å². The third kappa shape index (κ3) is 3.56. The van der Waals surface area contributed by atoms with Crippen molar-refractivity contribution in [2.75, 3.05) is 5.73 Å². The van der Waals surface area contributed by atoms with Gasteiger partial charge in [0.05, 0.1) is 6.54 Å². The number of carbonyl (C=O) groups is 1. The standard InChI is InChI=1S/C13H17N3OS/c1-4-6-9(3)11(17)12-13(14)16-10(18-12)8-15-7-5-2/h4-7,15H,1,8,14H2,2-3H3/b7-5+,9-6+. The van der Waals surface area contributed by atoms with E-state index in [1.165, 1.54) is 11.3 Å². The van der Waals surface area contributed by atoms with Crippen molar-refractivity contribution in [3.05, 3.63) is 46.5 Å². The summed E-state index contributed by atoms with van der Waals surface area (Å²) in [5.41, 5.74) is 6.37. The van der Waals surface area contributed by atoms with Crippen LogP contribution in [0, 0.1) is 0 Å². The molecule has 0 fully saturated rings. The summed E-state index contributed by atoms with van der Waals surface area (Å²) < 4.78 is 0. The number of nitrogens with two attached hydrogens (primary N) is 1. The van der Waals surface area contributed by atoms with E-state index in [9.17, 15) is 4.79 Å². The highest BCUT2D eigenvalue weighted by Gasteiger charge is 2.16. The quantitative estimate of drug-likeness (QED) is 0.470. The van der Waals surface area contributed by atoms with Crippen LogP contribution in [0.1, 0.15) is 28.5 Å². The van der Waals surface area contributed by atoms with Crippen LogP contribution in [0.2, 0.25) is 0 Å². The highest BCUT2D eigenvalue weighted by Crippen LogP contribution is 2.23. The molecule has 0 aliphatic heterocycles. The number of allylic oxidation sites excluding steroid dienone is 4. The van der Waals surface area contributed by atoms with Crippen molar-refractivity contribution >= 4 is 22.9 Å². The Morgan fingerprint density at radius 3 is 2.94 bits per heavy atom. The van der Waals surface area contributed by atoms with Crippen LogP contribution < -0.4 is 11.1 Å². The lowest BCUT2D eigenvalue weighted by molar-refractivity contribution is 0.103. The predicted molar refractivity (Wildman–Crippen MR) is 76.5 cm³/mol. The Labute approximate surface area is 111 Å². The van der Waals surface area contributed by atoms with Gasteiger partial charge < -0.3 is 11.1 Å². The molecule has 0 saturated heterocycles. The second-order valence-electron chi connectivity index (χ2n) is 3.62. The molecule has 0 spiro atoms. The molecule has 0 atom stereocenters. The summed E-state index contributed by atoms with van der Waals surface area (Å²) in [6, 6.07) is 0. The average Bonchev–Trinajstić information content (AvgIpc) is 2.70. The second-order valence-corrected chi connectivity index (χ2v) is 4.70. The zero-order valence-corrected chi connectivity index (χ0v) is 11.4. The summed E-state index contributed by atoms with van der Waals surface area (Å²) >= 11 is 1.32. The first-order valence-corrected chi connectivity index (χ1v) is 6.35.